The van der Waals surface area contributed by atoms with Crippen molar-refractivity contribution in [3.63, 3.8) is 0 Å². The highest BCUT2D eigenvalue weighted by molar-refractivity contribution is 6.09. The van der Waals surface area contributed by atoms with Crippen molar-refractivity contribution in [3.05, 3.63) is 60.4 Å². The van der Waals surface area contributed by atoms with Crippen molar-refractivity contribution >= 4 is 40.0 Å². The van der Waals surface area contributed by atoms with Gasteiger partial charge in [-0.3, -0.25) is 19.5 Å². The van der Waals surface area contributed by atoms with Gasteiger partial charge in [0.05, 0.1) is 46.9 Å². The van der Waals surface area contributed by atoms with Crippen molar-refractivity contribution in [3.8, 4) is 11.3 Å². The lowest BCUT2D eigenvalue weighted by Gasteiger charge is -2.47. The molecule has 1 aromatic carbocycles. The molecule has 3 aliphatic heterocycles. The highest BCUT2D eigenvalue weighted by Gasteiger charge is 2.58. The van der Waals surface area contributed by atoms with Crippen molar-refractivity contribution in [1.82, 2.24) is 29.3 Å². The van der Waals surface area contributed by atoms with Crippen molar-refractivity contribution < 1.29 is 19.1 Å². The molecule has 0 radical (unpaired) electrons. The number of likely N-dealkylation sites (tertiary alicyclic amines) is 2. The largest absolute Gasteiger partial charge is 0.395 e. The lowest BCUT2D eigenvalue weighted by Crippen LogP contribution is -2.58. The van der Waals surface area contributed by atoms with Gasteiger partial charge in [-0.2, -0.15) is 0 Å². The highest BCUT2D eigenvalue weighted by Crippen LogP contribution is 2.54. The van der Waals surface area contributed by atoms with Gasteiger partial charge in [-0.15, -0.1) is 0 Å². The molecule has 5 aliphatic rings. The number of nitrogens with zero attached hydrogens (tertiary/aromatic N) is 7. The zero-order chi connectivity index (χ0) is 36.9. The summed E-state index contributed by atoms with van der Waals surface area (Å²) in [5.41, 5.74) is 4.23. The van der Waals surface area contributed by atoms with Crippen LogP contribution in [-0.4, -0.2) is 91.1 Å². The predicted molar refractivity (Wildman–Crippen MR) is 201 cm³/mol. The Hall–Kier alpha value is -4.42. The Morgan fingerprint density at radius 2 is 1.81 bits per heavy atom. The van der Waals surface area contributed by atoms with E-state index in [0.717, 1.165) is 66.6 Å². The van der Waals surface area contributed by atoms with Crippen LogP contribution in [0, 0.1) is 16.6 Å². The summed E-state index contributed by atoms with van der Waals surface area (Å²) in [5.74, 6) is 0.177. The number of piperidine rings is 1. The first kappa shape index (κ1) is 34.4. The van der Waals surface area contributed by atoms with E-state index >= 15 is 0 Å². The molecule has 2 saturated carbocycles. The SMILES string of the molecule is CC(C)n1cnc2cc(-c3ccc4c(c3)N([C@H]3C[C@@H](N5CCC(C)(C)C5)C3)C(=O)C43CCN(C(=O)C4(CO)CC4)CC3)nc(Nc3ccncc3F)c21. The maximum Gasteiger partial charge on any atom is 0.238 e. The minimum atomic E-state index is -0.708. The van der Waals surface area contributed by atoms with Crippen LogP contribution in [0.1, 0.15) is 84.2 Å². The fourth-order valence-electron chi connectivity index (χ4n) is 9.44. The van der Waals surface area contributed by atoms with E-state index in [9.17, 15) is 19.1 Å². The maximum absolute atomic E-state index is 14.9. The molecule has 2 N–H and O–H groups in total. The van der Waals surface area contributed by atoms with Crippen molar-refractivity contribution in [2.75, 3.05) is 43.0 Å². The fourth-order valence-corrected chi connectivity index (χ4v) is 9.44. The molecule has 2 aliphatic carbocycles. The van der Waals surface area contributed by atoms with Crippen LogP contribution in [-0.2, 0) is 15.0 Å². The number of hydrogen-bond acceptors (Lipinski definition) is 8. The second-order valence-corrected chi connectivity index (χ2v) is 17.3. The molecule has 6 heterocycles. The van der Waals surface area contributed by atoms with Gasteiger partial charge in [0.1, 0.15) is 5.52 Å². The quantitative estimate of drug-likeness (QED) is 0.221. The smallest absolute Gasteiger partial charge is 0.238 e. The lowest BCUT2D eigenvalue weighted by molar-refractivity contribution is -0.142. The molecule has 4 fully saturated rings. The fraction of sp³-hybridized carbons (Fsp3) is 0.537. The van der Waals surface area contributed by atoms with E-state index in [2.05, 4.69) is 59.9 Å². The number of nitrogens with one attached hydrogen (secondary N) is 1. The summed E-state index contributed by atoms with van der Waals surface area (Å²) < 4.78 is 16.9. The molecule has 9 rings (SSSR count). The summed E-state index contributed by atoms with van der Waals surface area (Å²) in [7, 11) is 0. The Bertz CT molecular complexity index is 2110. The highest BCUT2D eigenvalue weighted by atomic mass is 19.1. The van der Waals surface area contributed by atoms with Crippen LogP contribution < -0.4 is 10.2 Å². The number of carbonyl (C=O) groups excluding carboxylic acids is 2. The first-order valence-corrected chi connectivity index (χ1v) is 19.3. The van der Waals surface area contributed by atoms with E-state index < -0.39 is 16.6 Å². The number of amides is 2. The zero-order valence-electron chi connectivity index (χ0n) is 31.1. The van der Waals surface area contributed by atoms with Gasteiger partial charge in [0.25, 0.3) is 0 Å². The molecule has 0 unspecified atom stereocenters. The number of aliphatic hydroxyl groups is 1. The molecular weight excluding hydrogens is 672 g/mol. The van der Waals surface area contributed by atoms with Gasteiger partial charge >= 0.3 is 0 Å². The van der Waals surface area contributed by atoms with Crippen molar-refractivity contribution in [2.24, 2.45) is 10.8 Å². The number of fused-ring (bicyclic) bond motifs is 3. The Kier molecular flexibility index (Phi) is 7.98. The number of hydrogen-bond donors (Lipinski definition) is 2. The number of rotatable bonds is 8. The zero-order valence-corrected chi connectivity index (χ0v) is 31.1. The van der Waals surface area contributed by atoms with E-state index in [1.165, 1.54) is 12.6 Å². The number of carbonyl (C=O) groups is 2. The molecule has 0 atom stereocenters. The minimum absolute atomic E-state index is 0.0283. The van der Waals surface area contributed by atoms with Gasteiger partial charge < -0.3 is 24.8 Å². The van der Waals surface area contributed by atoms with Gasteiger partial charge in [-0.05, 0) is 94.5 Å². The Labute approximate surface area is 309 Å². The van der Waals surface area contributed by atoms with Crippen LogP contribution in [0.3, 0.4) is 0 Å². The molecule has 12 heteroatoms. The molecule has 1 spiro atoms. The lowest BCUT2D eigenvalue weighted by atomic mass is 9.73. The number of pyridine rings is 2. The molecule has 278 valence electrons. The molecular formula is C41H49FN8O3. The standard InChI is InChI=1S/C41H49FN8O3/c1-25(2)49-24-44-33-20-32(46-36(35(33)49)45-31-7-13-43-21-30(31)42)26-5-6-29-34(17-26)50(28-18-27(19-28)48-14-10-39(3,4)22-48)38(53)41(29)11-15-47(16-12-41)37(52)40(23-51)8-9-40/h5-7,13,17,20-21,24-25,27-28,51H,8-12,14-16,18-19,22-23H2,1-4H3,(H,43,45,46)/t27-,28+. The molecule has 2 amide bonds. The molecule has 0 bridgehead atoms. The summed E-state index contributed by atoms with van der Waals surface area (Å²) >= 11 is 0. The topological polar surface area (TPSA) is 120 Å². The molecule has 2 saturated heterocycles. The number of imidazole rings is 1. The third-order valence-electron chi connectivity index (χ3n) is 13.0. The summed E-state index contributed by atoms with van der Waals surface area (Å²) in [6.07, 6.45) is 10.1. The van der Waals surface area contributed by atoms with E-state index in [1.807, 2.05) is 21.6 Å². The Balaban J connectivity index is 1.08. The van der Waals surface area contributed by atoms with Crippen LogP contribution in [0.25, 0.3) is 22.3 Å². The third kappa shape index (κ3) is 5.54. The Morgan fingerprint density at radius 1 is 1.04 bits per heavy atom. The number of benzene rings is 1. The Morgan fingerprint density at radius 3 is 2.47 bits per heavy atom. The molecule has 3 aromatic heterocycles. The average Bonchev–Trinajstić information content (AvgIpc) is 3.59. The number of anilines is 3. The summed E-state index contributed by atoms with van der Waals surface area (Å²) in [5, 5.41) is 13.2. The van der Waals surface area contributed by atoms with Gasteiger partial charge in [-0.25, -0.2) is 14.4 Å². The van der Waals surface area contributed by atoms with E-state index in [4.69, 9.17) is 9.97 Å². The van der Waals surface area contributed by atoms with Gasteiger partial charge in [0.15, 0.2) is 11.6 Å². The summed E-state index contributed by atoms with van der Waals surface area (Å²) in [4.78, 5) is 48.6. The van der Waals surface area contributed by atoms with Crippen LogP contribution in [0.5, 0.6) is 0 Å². The number of halogens is 1. The van der Waals surface area contributed by atoms with Crippen molar-refractivity contribution in [2.45, 2.75) is 96.2 Å². The molecule has 53 heavy (non-hydrogen) atoms. The minimum Gasteiger partial charge on any atom is -0.395 e. The van der Waals surface area contributed by atoms with Crippen LogP contribution in [0.15, 0.2) is 49.1 Å². The normalized spacial score (nSPS) is 24.2. The van der Waals surface area contributed by atoms with E-state index in [-0.39, 0.29) is 36.2 Å². The van der Waals surface area contributed by atoms with E-state index in [1.54, 1.807) is 18.6 Å². The van der Waals surface area contributed by atoms with Gasteiger partial charge in [0.2, 0.25) is 11.8 Å². The third-order valence-corrected chi connectivity index (χ3v) is 13.0. The number of aromatic nitrogens is 4. The monoisotopic (exact) mass is 720 g/mol. The summed E-state index contributed by atoms with van der Waals surface area (Å²) in [6, 6.07) is 10.5. The van der Waals surface area contributed by atoms with Crippen molar-refractivity contribution in [1.29, 1.82) is 0 Å². The van der Waals surface area contributed by atoms with Crippen LogP contribution >= 0.6 is 0 Å². The van der Waals surface area contributed by atoms with Gasteiger partial charge in [-0.1, -0.05) is 26.0 Å². The average molecular weight is 721 g/mol. The first-order chi connectivity index (χ1) is 25.4. The second-order valence-electron chi connectivity index (χ2n) is 17.3. The molecule has 11 nitrogen and oxygen atoms in total. The van der Waals surface area contributed by atoms with Crippen LogP contribution in [0.4, 0.5) is 21.6 Å². The van der Waals surface area contributed by atoms with Gasteiger partial charge in [0, 0.05) is 55.2 Å². The number of aliphatic hydroxyl groups excluding tert-OH is 1. The predicted octanol–water partition coefficient (Wildman–Crippen LogP) is 6.20. The first-order valence-electron chi connectivity index (χ1n) is 19.3. The maximum atomic E-state index is 14.9. The van der Waals surface area contributed by atoms with E-state index in [0.29, 0.717) is 48.9 Å². The second kappa shape index (κ2) is 12.3. The summed E-state index contributed by atoms with van der Waals surface area (Å²) in [6.45, 7) is 11.9. The van der Waals surface area contributed by atoms with Crippen LogP contribution in [0.2, 0.25) is 0 Å². The molecule has 4 aromatic rings.